The van der Waals surface area contributed by atoms with Crippen LogP contribution < -0.4 is 10.1 Å². The number of nitrogens with one attached hydrogen (secondary N) is 1. The molecular formula is C21H23NO8. The Hall–Kier alpha value is -2.72. The fourth-order valence-corrected chi connectivity index (χ4v) is 3.55. The quantitative estimate of drug-likeness (QED) is 0.704. The number of carbonyl (C=O) groups is 2. The van der Waals surface area contributed by atoms with Gasteiger partial charge in [-0.2, -0.15) is 0 Å². The van der Waals surface area contributed by atoms with Gasteiger partial charge in [0.2, 0.25) is 18.5 Å². The van der Waals surface area contributed by atoms with Gasteiger partial charge in [0.05, 0.1) is 12.9 Å². The predicted molar refractivity (Wildman–Crippen MR) is 102 cm³/mol. The van der Waals surface area contributed by atoms with Crippen molar-refractivity contribution in [2.24, 2.45) is 0 Å². The second kappa shape index (κ2) is 8.57. The Morgan fingerprint density at radius 2 is 1.90 bits per heavy atom. The van der Waals surface area contributed by atoms with Gasteiger partial charge in [-0.25, -0.2) is 0 Å². The van der Waals surface area contributed by atoms with Crippen LogP contribution in [0.15, 0.2) is 47.1 Å². The van der Waals surface area contributed by atoms with Crippen LogP contribution in [0.5, 0.6) is 5.75 Å². The zero-order valence-electron chi connectivity index (χ0n) is 16.5. The number of rotatable bonds is 5. The number of hydrogen-bond acceptors (Lipinski definition) is 8. The first-order chi connectivity index (χ1) is 14.4. The Labute approximate surface area is 172 Å². The number of furan rings is 1. The van der Waals surface area contributed by atoms with Gasteiger partial charge in [-0.05, 0) is 43.3 Å². The maximum Gasteiger partial charge on any atom is 0.223 e. The molecule has 30 heavy (non-hydrogen) atoms. The van der Waals surface area contributed by atoms with Gasteiger partial charge in [-0.3, -0.25) is 9.59 Å². The minimum atomic E-state index is -1.12. The molecule has 0 aliphatic carbocycles. The lowest BCUT2D eigenvalue weighted by atomic mass is 9.96. The first kappa shape index (κ1) is 20.5. The van der Waals surface area contributed by atoms with Crippen LogP contribution in [0.3, 0.4) is 0 Å². The summed E-state index contributed by atoms with van der Waals surface area (Å²) in [6, 6.07) is 9.06. The van der Waals surface area contributed by atoms with E-state index in [-0.39, 0.29) is 18.3 Å². The van der Waals surface area contributed by atoms with E-state index in [1.54, 1.807) is 36.4 Å². The number of Topliss-reactive ketones (excluding diaryl/α,β-unsaturated/α-hetero) is 1. The molecule has 0 saturated carbocycles. The smallest absolute Gasteiger partial charge is 0.223 e. The average Bonchev–Trinajstić information content (AvgIpc) is 3.26. The number of fused-ring (bicyclic) bond motifs is 1. The molecule has 2 fully saturated rings. The van der Waals surface area contributed by atoms with Gasteiger partial charge in [0.15, 0.2) is 11.5 Å². The van der Waals surface area contributed by atoms with Crippen LogP contribution in [0.1, 0.15) is 36.3 Å². The molecule has 4 rings (SSSR count). The number of ketones is 1. The van der Waals surface area contributed by atoms with Crippen molar-refractivity contribution in [1.82, 2.24) is 5.32 Å². The van der Waals surface area contributed by atoms with Crippen molar-refractivity contribution < 1.29 is 38.1 Å². The van der Waals surface area contributed by atoms with E-state index in [1.807, 2.05) is 0 Å². The summed E-state index contributed by atoms with van der Waals surface area (Å²) in [5.74, 6) is 0.488. The third-order valence-corrected chi connectivity index (χ3v) is 5.02. The van der Waals surface area contributed by atoms with Crippen molar-refractivity contribution >= 4 is 11.7 Å². The normalized spacial score (nSPS) is 30.9. The average molecular weight is 417 g/mol. The number of aliphatic hydroxyl groups excluding tert-OH is 1. The highest BCUT2D eigenvalue weighted by Gasteiger charge is 2.51. The van der Waals surface area contributed by atoms with Crippen molar-refractivity contribution in [3.8, 4) is 5.75 Å². The molecule has 2 aliphatic heterocycles. The third kappa shape index (κ3) is 4.24. The fourth-order valence-electron chi connectivity index (χ4n) is 3.55. The number of benzene rings is 1. The Balaban J connectivity index is 1.51. The van der Waals surface area contributed by atoms with E-state index in [0.717, 1.165) is 0 Å². The zero-order valence-corrected chi connectivity index (χ0v) is 16.5. The van der Waals surface area contributed by atoms with Gasteiger partial charge in [0, 0.05) is 12.5 Å². The van der Waals surface area contributed by atoms with Crippen molar-refractivity contribution in [2.45, 2.75) is 50.8 Å². The highest BCUT2D eigenvalue weighted by molar-refractivity contribution is 5.94. The van der Waals surface area contributed by atoms with Crippen LogP contribution in [0.25, 0.3) is 0 Å². The molecule has 160 valence electrons. The molecule has 2 saturated heterocycles. The van der Waals surface area contributed by atoms with Gasteiger partial charge in [-0.15, -0.1) is 0 Å². The lowest BCUT2D eigenvalue weighted by molar-refractivity contribution is -0.336. The number of hydrogen-bond donors (Lipinski definition) is 2. The van der Waals surface area contributed by atoms with Crippen LogP contribution >= 0.6 is 0 Å². The maximum atomic E-state index is 11.7. The molecule has 1 amide bonds. The third-order valence-electron chi connectivity index (χ3n) is 5.02. The van der Waals surface area contributed by atoms with Gasteiger partial charge < -0.3 is 33.8 Å². The number of ether oxygens (including phenoxy) is 4. The molecule has 0 radical (unpaired) electrons. The number of carbonyl (C=O) groups excluding carboxylic acids is 2. The van der Waals surface area contributed by atoms with Gasteiger partial charge >= 0.3 is 0 Å². The minimum Gasteiger partial charge on any atom is -0.464 e. The molecule has 2 aromatic rings. The highest BCUT2D eigenvalue weighted by Crippen LogP contribution is 2.35. The first-order valence-electron chi connectivity index (χ1n) is 9.61. The SMILES string of the molecule is CC(=O)N[C@@H]1[C@H](Oc2ccc(C(C)=O)cc2)O[C@@H]2CO[C@H](c3ccco3)O[C@@H]2[C@H]1O. The number of amides is 1. The molecule has 9 heteroatoms. The standard InChI is InChI=1S/C21H23NO8/c1-11(23)13-5-7-14(8-6-13)28-21-17(22-12(2)24)18(25)19-16(29-21)10-27-20(30-19)15-4-3-9-26-15/h3-9,16-21,25H,10H2,1-2H3,(H,22,24)/t16-,17+,18+,19+,20+,21-/m1/s1. The topological polar surface area (TPSA) is 116 Å². The predicted octanol–water partition coefficient (Wildman–Crippen LogP) is 1.57. The fraction of sp³-hybridized carbons (Fsp3) is 0.429. The van der Waals surface area contributed by atoms with E-state index in [2.05, 4.69) is 5.32 Å². The molecule has 2 N–H and O–H groups in total. The van der Waals surface area contributed by atoms with Gasteiger partial charge in [-0.1, -0.05) is 0 Å². The molecular weight excluding hydrogens is 394 g/mol. The van der Waals surface area contributed by atoms with Gasteiger partial charge in [0.25, 0.3) is 0 Å². The van der Waals surface area contributed by atoms with E-state index >= 15 is 0 Å². The molecule has 1 aromatic heterocycles. The lowest BCUT2D eigenvalue weighted by Crippen LogP contribution is -2.67. The first-order valence-corrected chi connectivity index (χ1v) is 9.61. The van der Waals surface area contributed by atoms with Crippen LogP contribution in [0, 0.1) is 0 Å². The van der Waals surface area contributed by atoms with Crippen LogP contribution in [0.2, 0.25) is 0 Å². The van der Waals surface area contributed by atoms with Crippen LogP contribution in [-0.4, -0.2) is 54.0 Å². The summed E-state index contributed by atoms with van der Waals surface area (Å²) >= 11 is 0. The summed E-state index contributed by atoms with van der Waals surface area (Å²) in [6.45, 7) is 2.96. The van der Waals surface area contributed by atoms with Crippen LogP contribution in [0.4, 0.5) is 0 Å². The zero-order chi connectivity index (χ0) is 21.3. The summed E-state index contributed by atoms with van der Waals surface area (Å²) < 4.78 is 28.7. The molecule has 6 atom stereocenters. The minimum absolute atomic E-state index is 0.0625. The summed E-state index contributed by atoms with van der Waals surface area (Å²) in [6.07, 6.45) is -2.75. The highest BCUT2D eigenvalue weighted by atomic mass is 16.8. The van der Waals surface area contributed by atoms with E-state index in [9.17, 15) is 14.7 Å². The summed E-state index contributed by atoms with van der Waals surface area (Å²) in [5, 5.41) is 13.6. The monoisotopic (exact) mass is 417 g/mol. The maximum absolute atomic E-state index is 11.7. The summed E-state index contributed by atoms with van der Waals surface area (Å²) in [7, 11) is 0. The molecule has 2 aliphatic rings. The largest absolute Gasteiger partial charge is 0.464 e. The van der Waals surface area contributed by atoms with Gasteiger partial charge in [0.1, 0.15) is 30.1 Å². The Morgan fingerprint density at radius 1 is 1.13 bits per heavy atom. The van der Waals surface area contributed by atoms with E-state index in [4.69, 9.17) is 23.4 Å². The molecule has 3 heterocycles. The Kier molecular flexibility index (Phi) is 5.87. The molecule has 1 aromatic carbocycles. The van der Waals surface area contributed by atoms with Crippen LogP contribution in [-0.2, 0) is 19.0 Å². The summed E-state index contributed by atoms with van der Waals surface area (Å²) in [4.78, 5) is 23.2. The van der Waals surface area contributed by atoms with E-state index < -0.39 is 36.9 Å². The summed E-state index contributed by atoms with van der Waals surface area (Å²) in [5.41, 5.74) is 0.545. The Morgan fingerprint density at radius 3 is 2.53 bits per heavy atom. The van der Waals surface area contributed by atoms with Crippen molar-refractivity contribution in [1.29, 1.82) is 0 Å². The molecule has 0 unspecified atom stereocenters. The van der Waals surface area contributed by atoms with Crippen molar-refractivity contribution in [2.75, 3.05) is 6.61 Å². The van der Waals surface area contributed by atoms with Crippen molar-refractivity contribution in [3.63, 3.8) is 0 Å². The number of aliphatic hydroxyl groups is 1. The van der Waals surface area contributed by atoms with E-state index in [0.29, 0.717) is 17.1 Å². The second-order valence-electron chi connectivity index (χ2n) is 7.24. The lowest BCUT2D eigenvalue weighted by Gasteiger charge is -2.47. The van der Waals surface area contributed by atoms with Crippen molar-refractivity contribution in [3.05, 3.63) is 54.0 Å². The van der Waals surface area contributed by atoms with E-state index in [1.165, 1.54) is 20.1 Å². The Bertz CT molecular complexity index is 881. The molecule has 9 nitrogen and oxygen atoms in total. The molecule has 0 spiro atoms. The molecule has 0 bridgehead atoms. The second-order valence-corrected chi connectivity index (χ2v) is 7.24.